The minimum atomic E-state index is -0.825. The van der Waals surface area contributed by atoms with Gasteiger partial charge in [0.25, 0.3) is 5.91 Å². The molecule has 0 radical (unpaired) electrons. The van der Waals surface area contributed by atoms with Crippen molar-refractivity contribution in [2.45, 2.75) is 26.9 Å². The monoisotopic (exact) mass is 431 g/mol. The maximum absolute atomic E-state index is 12.6. The standard InChI is InChI=1S/C21H22ClN3O5/c1-4-27-17-11-10-14(12-18(17)28-5-2)19-20(25-30-24-19)23-21(26)13(3)29-16-9-7-6-8-15(16)22/h6-13H,4-5H2,1-3H3,(H,23,25,26)/t13-/m1/s1. The Balaban J connectivity index is 1.77. The second-order valence-corrected chi connectivity index (χ2v) is 6.58. The van der Waals surface area contributed by atoms with Crippen molar-refractivity contribution in [3.63, 3.8) is 0 Å². The van der Waals surface area contributed by atoms with Crippen LogP contribution in [-0.4, -0.2) is 35.5 Å². The number of rotatable bonds is 9. The molecular formula is C21H22ClN3O5. The summed E-state index contributed by atoms with van der Waals surface area (Å²) in [5, 5.41) is 10.8. The first-order chi connectivity index (χ1) is 14.5. The van der Waals surface area contributed by atoms with Crippen LogP contribution in [0.4, 0.5) is 5.82 Å². The Labute approximate surface area is 179 Å². The van der Waals surface area contributed by atoms with Gasteiger partial charge in [0.15, 0.2) is 23.3 Å². The quantitative estimate of drug-likeness (QED) is 0.529. The molecule has 0 unspecified atom stereocenters. The minimum absolute atomic E-state index is 0.168. The molecule has 30 heavy (non-hydrogen) atoms. The molecule has 0 aliphatic heterocycles. The van der Waals surface area contributed by atoms with Crippen LogP contribution < -0.4 is 19.5 Å². The first-order valence-electron chi connectivity index (χ1n) is 9.48. The fraction of sp³-hybridized carbons (Fsp3) is 0.286. The molecule has 0 saturated carbocycles. The number of amides is 1. The number of halogens is 1. The first-order valence-corrected chi connectivity index (χ1v) is 9.85. The lowest BCUT2D eigenvalue weighted by molar-refractivity contribution is -0.122. The Morgan fingerprint density at radius 3 is 2.53 bits per heavy atom. The highest BCUT2D eigenvalue weighted by Crippen LogP contribution is 2.34. The van der Waals surface area contributed by atoms with Crippen molar-refractivity contribution in [2.75, 3.05) is 18.5 Å². The van der Waals surface area contributed by atoms with Crippen molar-refractivity contribution in [1.29, 1.82) is 0 Å². The van der Waals surface area contributed by atoms with E-state index in [1.807, 2.05) is 13.8 Å². The molecule has 1 N–H and O–H groups in total. The van der Waals surface area contributed by atoms with E-state index in [0.717, 1.165) is 0 Å². The van der Waals surface area contributed by atoms with Crippen molar-refractivity contribution in [3.05, 3.63) is 47.5 Å². The molecule has 0 saturated heterocycles. The maximum Gasteiger partial charge on any atom is 0.266 e. The third-order valence-electron chi connectivity index (χ3n) is 4.06. The summed E-state index contributed by atoms with van der Waals surface area (Å²) in [6.45, 7) is 6.36. The Hall–Kier alpha value is -3.26. The number of anilines is 1. The number of nitrogens with zero attached hydrogens (tertiary/aromatic N) is 2. The molecule has 0 bridgehead atoms. The van der Waals surface area contributed by atoms with E-state index in [9.17, 15) is 4.79 Å². The van der Waals surface area contributed by atoms with Crippen molar-refractivity contribution >= 4 is 23.3 Å². The van der Waals surface area contributed by atoms with Crippen LogP contribution in [0.15, 0.2) is 47.1 Å². The second kappa shape index (κ2) is 9.98. The number of carbonyl (C=O) groups is 1. The largest absolute Gasteiger partial charge is 0.490 e. The SMILES string of the molecule is CCOc1ccc(-c2nonc2NC(=O)[C@@H](C)Oc2ccccc2Cl)cc1OCC. The molecule has 1 heterocycles. The maximum atomic E-state index is 12.6. The molecule has 3 aromatic rings. The van der Waals surface area contributed by atoms with Gasteiger partial charge in [-0.3, -0.25) is 4.79 Å². The van der Waals surface area contributed by atoms with Gasteiger partial charge in [-0.25, -0.2) is 4.63 Å². The molecular weight excluding hydrogens is 410 g/mol. The summed E-state index contributed by atoms with van der Waals surface area (Å²) in [6.07, 6.45) is -0.825. The molecule has 0 spiro atoms. The van der Waals surface area contributed by atoms with E-state index in [2.05, 4.69) is 15.6 Å². The van der Waals surface area contributed by atoms with Gasteiger partial charge in [-0.1, -0.05) is 23.7 Å². The van der Waals surface area contributed by atoms with E-state index >= 15 is 0 Å². The third kappa shape index (κ3) is 5.01. The van der Waals surface area contributed by atoms with Gasteiger partial charge in [0.05, 0.1) is 18.2 Å². The number of ether oxygens (including phenoxy) is 3. The van der Waals surface area contributed by atoms with Gasteiger partial charge in [0.1, 0.15) is 5.75 Å². The van der Waals surface area contributed by atoms with Crippen molar-refractivity contribution < 1.29 is 23.6 Å². The zero-order chi connectivity index (χ0) is 21.5. The lowest BCUT2D eigenvalue weighted by Gasteiger charge is -2.15. The average Bonchev–Trinajstić information content (AvgIpc) is 3.19. The summed E-state index contributed by atoms with van der Waals surface area (Å²) in [7, 11) is 0. The predicted octanol–water partition coefficient (Wildman–Crippen LogP) is 4.59. The van der Waals surface area contributed by atoms with Gasteiger partial charge in [-0.05, 0) is 61.4 Å². The highest BCUT2D eigenvalue weighted by Gasteiger charge is 2.22. The van der Waals surface area contributed by atoms with Gasteiger partial charge in [-0.15, -0.1) is 0 Å². The van der Waals surface area contributed by atoms with E-state index < -0.39 is 12.0 Å². The molecule has 8 nitrogen and oxygen atoms in total. The van der Waals surface area contributed by atoms with E-state index in [4.69, 9.17) is 30.4 Å². The van der Waals surface area contributed by atoms with Crippen LogP contribution in [0.25, 0.3) is 11.3 Å². The highest BCUT2D eigenvalue weighted by atomic mass is 35.5. The fourth-order valence-corrected chi connectivity index (χ4v) is 2.84. The Kier molecular flexibility index (Phi) is 7.13. The van der Waals surface area contributed by atoms with Gasteiger partial charge in [0, 0.05) is 5.56 Å². The molecule has 1 aromatic heterocycles. The number of carbonyl (C=O) groups excluding carboxylic acids is 1. The lowest BCUT2D eigenvalue weighted by Crippen LogP contribution is -2.30. The average molecular weight is 432 g/mol. The topological polar surface area (TPSA) is 95.7 Å². The van der Waals surface area contributed by atoms with Gasteiger partial charge < -0.3 is 19.5 Å². The van der Waals surface area contributed by atoms with E-state index in [-0.39, 0.29) is 5.82 Å². The number of nitrogens with one attached hydrogen (secondary N) is 1. The highest BCUT2D eigenvalue weighted by molar-refractivity contribution is 6.32. The second-order valence-electron chi connectivity index (χ2n) is 6.17. The molecule has 1 atom stereocenters. The summed E-state index contributed by atoms with van der Waals surface area (Å²) < 4.78 is 21.7. The predicted molar refractivity (Wildman–Crippen MR) is 112 cm³/mol. The number of hydrogen-bond acceptors (Lipinski definition) is 7. The summed E-state index contributed by atoms with van der Waals surface area (Å²) >= 11 is 6.08. The summed E-state index contributed by atoms with van der Waals surface area (Å²) in [5.74, 6) is 1.33. The molecule has 158 valence electrons. The van der Waals surface area contributed by atoms with Crippen LogP contribution in [0.2, 0.25) is 5.02 Å². The molecule has 0 aliphatic rings. The summed E-state index contributed by atoms with van der Waals surface area (Å²) in [4.78, 5) is 12.6. The third-order valence-corrected chi connectivity index (χ3v) is 4.37. The molecule has 9 heteroatoms. The van der Waals surface area contributed by atoms with E-state index in [1.165, 1.54) is 0 Å². The molecule has 0 fully saturated rings. The van der Waals surface area contributed by atoms with Gasteiger partial charge in [-0.2, -0.15) is 0 Å². The minimum Gasteiger partial charge on any atom is -0.490 e. The van der Waals surface area contributed by atoms with Crippen LogP contribution in [0.1, 0.15) is 20.8 Å². The van der Waals surface area contributed by atoms with Gasteiger partial charge >= 0.3 is 0 Å². The zero-order valence-corrected chi connectivity index (χ0v) is 17.6. The number of benzene rings is 2. The number of aromatic nitrogens is 2. The fourth-order valence-electron chi connectivity index (χ4n) is 2.66. The van der Waals surface area contributed by atoms with Crippen molar-refractivity contribution in [1.82, 2.24) is 10.3 Å². The van der Waals surface area contributed by atoms with Gasteiger partial charge in [0.2, 0.25) is 5.82 Å². The smallest absolute Gasteiger partial charge is 0.266 e. The van der Waals surface area contributed by atoms with Crippen LogP contribution in [0, 0.1) is 0 Å². The summed E-state index contributed by atoms with van der Waals surface area (Å²) in [5.41, 5.74) is 1.01. The Morgan fingerprint density at radius 2 is 1.80 bits per heavy atom. The molecule has 0 aliphatic carbocycles. The van der Waals surface area contributed by atoms with Crippen molar-refractivity contribution in [2.24, 2.45) is 0 Å². The molecule has 3 rings (SSSR count). The van der Waals surface area contributed by atoms with E-state index in [1.54, 1.807) is 49.4 Å². The Bertz CT molecular complexity index is 1010. The van der Waals surface area contributed by atoms with Crippen molar-refractivity contribution in [3.8, 4) is 28.5 Å². The van der Waals surface area contributed by atoms with Crippen LogP contribution in [-0.2, 0) is 4.79 Å². The number of para-hydroxylation sites is 1. The van der Waals surface area contributed by atoms with Crippen LogP contribution >= 0.6 is 11.6 Å². The summed E-state index contributed by atoms with van der Waals surface area (Å²) in [6, 6.07) is 12.2. The van der Waals surface area contributed by atoms with Crippen LogP contribution in [0.3, 0.4) is 0 Å². The molecule has 2 aromatic carbocycles. The first kappa shape index (κ1) is 21.4. The zero-order valence-electron chi connectivity index (χ0n) is 16.8. The van der Waals surface area contributed by atoms with E-state index in [0.29, 0.717) is 46.7 Å². The number of hydrogen-bond donors (Lipinski definition) is 1. The lowest BCUT2D eigenvalue weighted by atomic mass is 10.1. The van der Waals surface area contributed by atoms with Crippen LogP contribution in [0.5, 0.6) is 17.2 Å². The Morgan fingerprint density at radius 1 is 1.07 bits per heavy atom. The normalized spacial score (nSPS) is 11.6. The molecule has 1 amide bonds.